The fourth-order valence-corrected chi connectivity index (χ4v) is 2.17. The van der Waals surface area contributed by atoms with Crippen LogP contribution in [-0.2, 0) is 16.0 Å². The molecule has 1 aromatic rings. The first-order chi connectivity index (χ1) is 8.68. The Bertz CT molecular complexity index is 422. The van der Waals surface area contributed by atoms with Crippen LogP contribution in [-0.4, -0.2) is 30.2 Å². The number of ether oxygens (including phenoxy) is 1. The van der Waals surface area contributed by atoms with Gasteiger partial charge in [-0.25, -0.2) is 4.39 Å². The second-order valence-corrected chi connectivity index (χ2v) is 4.50. The van der Waals surface area contributed by atoms with Gasteiger partial charge in [0.1, 0.15) is 12.0 Å². The molecule has 0 spiro atoms. The van der Waals surface area contributed by atoms with E-state index in [0.717, 1.165) is 13.0 Å². The fraction of sp³-hybridized carbons (Fsp3) is 0.500. The van der Waals surface area contributed by atoms with E-state index in [1.54, 1.807) is 23.1 Å². The van der Waals surface area contributed by atoms with E-state index in [2.05, 4.69) is 0 Å². The first kappa shape index (κ1) is 13.0. The van der Waals surface area contributed by atoms with Crippen molar-refractivity contribution in [2.45, 2.75) is 32.4 Å². The number of benzene rings is 1. The summed E-state index contributed by atoms with van der Waals surface area (Å²) >= 11 is 0. The second kappa shape index (κ2) is 5.96. The van der Waals surface area contributed by atoms with Gasteiger partial charge in [0.2, 0.25) is 5.91 Å². The fourth-order valence-electron chi connectivity index (χ4n) is 2.17. The number of amides is 1. The van der Waals surface area contributed by atoms with E-state index in [1.807, 2.05) is 6.92 Å². The molecule has 1 fully saturated rings. The molecule has 1 heterocycles. The molecule has 1 aromatic carbocycles. The highest BCUT2D eigenvalue weighted by Crippen LogP contribution is 2.14. The number of aryl methyl sites for hydroxylation is 1. The summed E-state index contributed by atoms with van der Waals surface area (Å²) in [6, 6.07) is 6.59. The molecule has 1 unspecified atom stereocenters. The van der Waals surface area contributed by atoms with Crippen molar-refractivity contribution in [1.82, 2.24) is 4.90 Å². The molecule has 18 heavy (non-hydrogen) atoms. The van der Waals surface area contributed by atoms with Gasteiger partial charge in [0.15, 0.2) is 0 Å². The zero-order valence-corrected chi connectivity index (χ0v) is 10.6. The molecule has 3 nitrogen and oxygen atoms in total. The van der Waals surface area contributed by atoms with Gasteiger partial charge in [0.25, 0.3) is 0 Å². The maximum atomic E-state index is 13.4. The number of carbonyl (C=O) groups excluding carboxylic acids is 1. The van der Waals surface area contributed by atoms with Crippen LogP contribution in [0.25, 0.3) is 0 Å². The van der Waals surface area contributed by atoms with E-state index in [0.29, 0.717) is 25.0 Å². The Balaban J connectivity index is 1.90. The molecule has 0 bridgehead atoms. The van der Waals surface area contributed by atoms with E-state index in [1.165, 1.54) is 6.07 Å². The molecule has 0 saturated carbocycles. The largest absolute Gasteiger partial charge is 0.359 e. The van der Waals surface area contributed by atoms with E-state index in [-0.39, 0.29) is 18.0 Å². The van der Waals surface area contributed by atoms with Gasteiger partial charge in [-0.2, -0.15) is 0 Å². The standard InChI is InChI=1S/C14H18FNO2/c1-11-16(9-4-10-18-11)14(17)8-7-12-5-2-3-6-13(12)15/h2-3,5-6,11H,4,7-10H2,1H3. The number of carbonyl (C=O) groups is 1. The van der Waals surface area contributed by atoms with Gasteiger partial charge >= 0.3 is 0 Å². The lowest BCUT2D eigenvalue weighted by molar-refractivity contribution is -0.151. The SMILES string of the molecule is CC1OCCCN1C(=O)CCc1ccccc1F. The Labute approximate surface area is 107 Å². The van der Waals surface area contributed by atoms with Crippen LogP contribution < -0.4 is 0 Å². The summed E-state index contributed by atoms with van der Waals surface area (Å²) < 4.78 is 18.8. The summed E-state index contributed by atoms with van der Waals surface area (Å²) in [6.45, 7) is 3.32. The third kappa shape index (κ3) is 3.07. The van der Waals surface area contributed by atoms with Crippen molar-refractivity contribution >= 4 is 5.91 Å². The predicted octanol–water partition coefficient (Wildman–Crippen LogP) is 2.35. The van der Waals surface area contributed by atoms with Gasteiger partial charge in [-0.1, -0.05) is 18.2 Å². The topological polar surface area (TPSA) is 29.5 Å². The van der Waals surface area contributed by atoms with Crippen molar-refractivity contribution in [3.8, 4) is 0 Å². The third-order valence-corrected chi connectivity index (χ3v) is 3.23. The lowest BCUT2D eigenvalue weighted by Crippen LogP contribution is -2.44. The number of halogens is 1. The average molecular weight is 251 g/mol. The zero-order chi connectivity index (χ0) is 13.0. The van der Waals surface area contributed by atoms with Gasteiger partial charge < -0.3 is 9.64 Å². The van der Waals surface area contributed by atoms with Crippen molar-refractivity contribution in [2.75, 3.05) is 13.2 Å². The summed E-state index contributed by atoms with van der Waals surface area (Å²) in [7, 11) is 0. The maximum absolute atomic E-state index is 13.4. The van der Waals surface area contributed by atoms with E-state index in [9.17, 15) is 9.18 Å². The minimum Gasteiger partial charge on any atom is -0.359 e. The van der Waals surface area contributed by atoms with Crippen LogP contribution >= 0.6 is 0 Å². The number of hydrogen-bond acceptors (Lipinski definition) is 2. The molecular weight excluding hydrogens is 233 g/mol. The van der Waals surface area contributed by atoms with Crippen LogP contribution in [0.5, 0.6) is 0 Å². The highest BCUT2D eigenvalue weighted by molar-refractivity contribution is 5.76. The van der Waals surface area contributed by atoms with Crippen molar-refractivity contribution < 1.29 is 13.9 Å². The molecule has 98 valence electrons. The lowest BCUT2D eigenvalue weighted by Gasteiger charge is -2.33. The molecular formula is C14H18FNO2. The molecule has 0 radical (unpaired) electrons. The normalized spacial score (nSPS) is 19.9. The van der Waals surface area contributed by atoms with Gasteiger partial charge in [-0.3, -0.25) is 4.79 Å². The van der Waals surface area contributed by atoms with Crippen LogP contribution in [0.1, 0.15) is 25.3 Å². The first-order valence-electron chi connectivity index (χ1n) is 6.33. The summed E-state index contributed by atoms with van der Waals surface area (Å²) in [5.41, 5.74) is 0.594. The van der Waals surface area contributed by atoms with Gasteiger partial charge in [0, 0.05) is 13.0 Å². The maximum Gasteiger partial charge on any atom is 0.224 e. The molecule has 0 N–H and O–H groups in total. The van der Waals surface area contributed by atoms with E-state index < -0.39 is 0 Å². The minimum absolute atomic E-state index is 0.0328. The minimum atomic E-state index is -0.242. The van der Waals surface area contributed by atoms with Gasteiger partial charge in [-0.05, 0) is 31.4 Å². The van der Waals surface area contributed by atoms with Crippen LogP contribution in [0.2, 0.25) is 0 Å². The highest BCUT2D eigenvalue weighted by Gasteiger charge is 2.23. The van der Waals surface area contributed by atoms with Crippen LogP contribution in [0.4, 0.5) is 4.39 Å². The van der Waals surface area contributed by atoms with Crippen LogP contribution in [0.3, 0.4) is 0 Å². The number of hydrogen-bond donors (Lipinski definition) is 0. The van der Waals surface area contributed by atoms with E-state index >= 15 is 0 Å². The molecule has 0 aliphatic carbocycles. The average Bonchev–Trinajstić information content (AvgIpc) is 2.38. The smallest absolute Gasteiger partial charge is 0.224 e. The van der Waals surface area contributed by atoms with Crippen molar-refractivity contribution in [3.63, 3.8) is 0 Å². The Kier molecular flexibility index (Phi) is 4.31. The highest BCUT2D eigenvalue weighted by atomic mass is 19.1. The molecule has 4 heteroatoms. The first-order valence-corrected chi connectivity index (χ1v) is 6.33. The van der Waals surface area contributed by atoms with Crippen molar-refractivity contribution in [1.29, 1.82) is 0 Å². The summed E-state index contributed by atoms with van der Waals surface area (Å²) in [5, 5.41) is 0. The molecule has 1 aliphatic heterocycles. The monoisotopic (exact) mass is 251 g/mol. The van der Waals surface area contributed by atoms with Crippen LogP contribution in [0, 0.1) is 5.82 Å². The van der Waals surface area contributed by atoms with Gasteiger partial charge in [0.05, 0.1) is 6.61 Å². The third-order valence-electron chi connectivity index (χ3n) is 3.23. The van der Waals surface area contributed by atoms with Gasteiger partial charge in [-0.15, -0.1) is 0 Å². The quantitative estimate of drug-likeness (QED) is 0.825. The molecule has 0 aromatic heterocycles. The van der Waals surface area contributed by atoms with E-state index in [4.69, 9.17) is 4.74 Å². The second-order valence-electron chi connectivity index (χ2n) is 4.50. The lowest BCUT2D eigenvalue weighted by atomic mass is 10.1. The Morgan fingerprint density at radius 1 is 1.50 bits per heavy atom. The summed E-state index contributed by atoms with van der Waals surface area (Å²) in [6.07, 6.45) is 1.48. The molecule has 1 atom stereocenters. The summed E-state index contributed by atoms with van der Waals surface area (Å²) in [4.78, 5) is 13.7. The van der Waals surface area contributed by atoms with Crippen molar-refractivity contribution in [2.24, 2.45) is 0 Å². The van der Waals surface area contributed by atoms with Crippen LogP contribution in [0.15, 0.2) is 24.3 Å². The summed E-state index contributed by atoms with van der Waals surface area (Å²) in [5.74, 6) is -0.210. The predicted molar refractivity (Wildman–Crippen MR) is 66.5 cm³/mol. The molecule has 2 rings (SSSR count). The molecule has 1 amide bonds. The number of rotatable bonds is 3. The Hall–Kier alpha value is -1.42. The van der Waals surface area contributed by atoms with Crippen molar-refractivity contribution in [3.05, 3.63) is 35.6 Å². The zero-order valence-electron chi connectivity index (χ0n) is 10.6. The Morgan fingerprint density at radius 3 is 3.00 bits per heavy atom. The molecule has 1 aliphatic rings. The molecule has 1 saturated heterocycles. The number of nitrogens with zero attached hydrogens (tertiary/aromatic N) is 1. The Morgan fingerprint density at radius 2 is 2.28 bits per heavy atom.